The molecular weight excluding hydrogens is 241 g/mol. The van der Waals surface area contributed by atoms with Crippen molar-refractivity contribution < 1.29 is 18.0 Å². The zero-order valence-electron chi connectivity index (χ0n) is 10.2. The van der Waals surface area contributed by atoms with Crippen molar-refractivity contribution in [2.24, 2.45) is 5.41 Å². The molecule has 1 nitrogen and oxygen atoms in total. The average molecular weight is 256 g/mol. The van der Waals surface area contributed by atoms with Gasteiger partial charge in [0.05, 0.1) is 5.56 Å². The summed E-state index contributed by atoms with van der Waals surface area (Å²) >= 11 is 0. The molecule has 1 aromatic rings. The molecular formula is C14H15F3O. The van der Waals surface area contributed by atoms with Gasteiger partial charge in [0.2, 0.25) is 0 Å². The highest BCUT2D eigenvalue weighted by molar-refractivity contribution is 5.81. The summed E-state index contributed by atoms with van der Waals surface area (Å²) in [5.74, 6) is 0.254. The molecule has 1 aromatic carbocycles. The van der Waals surface area contributed by atoms with Crippen molar-refractivity contribution in [3.8, 4) is 0 Å². The first-order valence-corrected chi connectivity index (χ1v) is 5.96. The Bertz CT molecular complexity index is 447. The van der Waals surface area contributed by atoms with Gasteiger partial charge in [0.15, 0.2) is 0 Å². The number of halogens is 3. The first-order valence-electron chi connectivity index (χ1n) is 5.96. The minimum Gasteiger partial charge on any atom is -0.300 e. The van der Waals surface area contributed by atoms with Crippen molar-refractivity contribution in [2.45, 2.75) is 38.8 Å². The maximum absolute atomic E-state index is 12.4. The third-order valence-corrected chi connectivity index (χ3v) is 3.54. The molecule has 1 fully saturated rings. The first kappa shape index (κ1) is 13.1. The first-order chi connectivity index (χ1) is 8.28. The number of carbonyl (C=O) groups is 1. The van der Waals surface area contributed by atoms with Crippen LogP contribution in [0.1, 0.15) is 37.3 Å². The molecule has 1 aliphatic carbocycles. The minimum atomic E-state index is -4.29. The Morgan fingerprint density at radius 1 is 1.22 bits per heavy atom. The van der Waals surface area contributed by atoms with E-state index in [2.05, 4.69) is 0 Å². The van der Waals surface area contributed by atoms with E-state index >= 15 is 0 Å². The van der Waals surface area contributed by atoms with E-state index in [9.17, 15) is 18.0 Å². The summed E-state index contributed by atoms with van der Waals surface area (Å²) in [7, 11) is 0. The number of Topliss-reactive ketones (excluding diaryl/α,β-unsaturated/α-hetero) is 1. The maximum Gasteiger partial charge on any atom is 0.416 e. The van der Waals surface area contributed by atoms with Gasteiger partial charge in [-0.2, -0.15) is 13.2 Å². The van der Waals surface area contributed by atoms with E-state index in [1.54, 1.807) is 0 Å². The Balaban J connectivity index is 2.09. The average Bonchev–Trinajstić information content (AvgIpc) is 2.58. The van der Waals surface area contributed by atoms with Crippen LogP contribution in [-0.2, 0) is 17.4 Å². The molecule has 0 N–H and O–H groups in total. The summed E-state index contributed by atoms with van der Waals surface area (Å²) in [5.41, 5.74) is 0.149. The predicted molar refractivity (Wildman–Crippen MR) is 62.1 cm³/mol. The van der Waals surface area contributed by atoms with Gasteiger partial charge in [-0.05, 0) is 36.0 Å². The van der Waals surface area contributed by atoms with Crippen molar-refractivity contribution in [1.82, 2.24) is 0 Å². The van der Waals surface area contributed by atoms with Gasteiger partial charge in [0, 0.05) is 12.8 Å². The van der Waals surface area contributed by atoms with Gasteiger partial charge in [-0.15, -0.1) is 0 Å². The van der Waals surface area contributed by atoms with E-state index in [4.69, 9.17) is 0 Å². The second-order valence-corrected chi connectivity index (χ2v) is 5.40. The van der Waals surface area contributed by atoms with E-state index in [0.29, 0.717) is 19.3 Å². The lowest BCUT2D eigenvalue weighted by molar-refractivity contribution is -0.137. The Morgan fingerprint density at radius 2 is 1.83 bits per heavy atom. The van der Waals surface area contributed by atoms with Crippen molar-refractivity contribution in [2.75, 3.05) is 0 Å². The SMILES string of the molecule is CC1(Cc2ccc(C(F)(F)F)cc2)CCC(=O)C1. The molecule has 0 amide bonds. The van der Waals surface area contributed by atoms with Gasteiger partial charge in [-0.3, -0.25) is 4.79 Å². The summed E-state index contributed by atoms with van der Waals surface area (Å²) in [4.78, 5) is 11.3. The molecule has 1 aliphatic rings. The van der Waals surface area contributed by atoms with Crippen molar-refractivity contribution in [3.63, 3.8) is 0 Å². The van der Waals surface area contributed by atoms with Gasteiger partial charge in [-0.1, -0.05) is 19.1 Å². The molecule has 0 heterocycles. The van der Waals surface area contributed by atoms with Crippen LogP contribution in [0.3, 0.4) is 0 Å². The van der Waals surface area contributed by atoms with E-state index in [0.717, 1.165) is 24.1 Å². The fourth-order valence-corrected chi connectivity index (χ4v) is 2.55. The number of alkyl halides is 3. The third-order valence-electron chi connectivity index (χ3n) is 3.54. The fraction of sp³-hybridized carbons (Fsp3) is 0.500. The summed E-state index contributed by atoms with van der Waals surface area (Å²) in [6.07, 6.45) is -1.67. The van der Waals surface area contributed by atoms with Crippen molar-refractivity contribution in [1.29, 1.82) is 0 Å². The lowest BCUT2D eigenvalue weighted by atomic mass is 9.82. The Hall–Kier alpha value is -1.32. The lowest BCUT2D eigenvalue weighted by Gasteiger charge is -2.22. The molecule has 0 spiro atoms. The normalized spacial score (nSPS) is 24.6. The summed E-state index contributed by atoms with van der Waals surface area (Å²) < 4.78 is 37.2. The zero-order chi connectivity index (χ0) is 13.4. The van der Waals surface area contributed by atoms with Crippen LogP contribution < -0.4 is 0 Å². The largest absolute Gasteiger partial charge is 0.416 e. The van der Waals surface area contributed by atoms with Crippen LogP contribution in [-0.4, -0.2) is 5.78 Å². The minimum absolute atomic E-state index is 0.0865. The molecule has 0 aliphatic heterocycles. The molecule has 1 unspecified atom stereocenters. The zero-order valence-corrected chi connectivity index (χ0v) is 10.2. The van der Waals surface area contributed by atoms with Gasteiger partial charge >= 0.3 is 6.18 Å². The van der Waals surface area contributed by atoms with Crippen LogP contribution in [0.5, 0.6) is 0 Å². The van der Waals surface area contributed by atoms with Crippen molar-refractivity contribution >= 4 is 5.78 Å². The number of carbonyl (C=O) groups excluding carboxylic acids is 1. The summed E-state index contributed by atoms with van der Waals surface area (Å²) in [6, 6.07) is 5.23. The Labute approximate surface area is 104 Å². The van der Waals surface area contributed by atoms with Crippen LogP contribution in [0, 0.1) is 5.41 Å². The summed E-state index contributed by atoms with van der Waals surface area (Å²) in [6.45, 7) is 2.02. The quantitative estimate of drug-likeness (QED) is 0.781. The molecule has 2 rings (SSSR count). The highest BCUT2D eigenvalue weighted by atomic mass is 19.4. The molecule has 98 valence electrons. The van der Waals surface area contributed by atoms with Crippen LogP contribution in [0.2, 0.25) is 0 Å². The summed E-state index contributed by atoms with van der Waals surface area (Å²) in [5, 5.41) is 0. The molecule has 0 saturated heterocycles. The highest BCUT2D eigenvalue weighted by Gasteiger charge is 2.34. The van der Waals surface area contributed by atoms with Gasteiger partial charge in [0.25, 0.3) is 0 Å². The molecule has 0 aromatic heterocycles. The van der Waals surface area contributed by atoms with E-state index in [1.807, 2.05) is 6.92 Å². The third kappa shape index (κ3) is 2.92. The molecule has 0 bridgehead atoms. The smallest absolute Gasteiger partial charge is 0.300 e. The van der Waals surface area contributed by atoms with Crippen molar-refractivity contribution in [3.05, 3.63) is 35.4 Å². The second-order valence-electron chi connectivity index (χ2n) is 5.40. The fourth-order valence-electron chi connectivity index (χ4n) is 2.55. The van der Waals surface area contributed by atoms with Gasteiger partial charge in [-0.25, -0.2) is 0 Å². The molecule has 4 heteroatoms. The van der Waals surface area contributed by atoms with E-state index in [1.165, 1.54) is 12.1 Å². The van der Waals surface area contributed by atoms with E-state index in [-0.39, 0.29) is 11.2 Å². The standard InChI is InChI=1S/C14H15F3O/c1-13(7-6-12(18)9-13)8-10-2-4-11(5-3-10)14(15,16)17/h2-5H,6-9H2,1H3. The monoisotopic (exact) mass is 256 g/mol. The molecule has 18 heavy (non-hydrogen) atoms. The highest BCUT2D eigenvalue weighted by Crippen LogP contribution is 2.39. The molecule has 1 saturated carbocycles. The van der Waals surface area contributed by atoms with Crippen LogP contribution in [0.25, 0.3) is 0 Å². The maximum atomic E-state index is 12.4. The molecule has 0 radical (unpaired) electrons. The van der Waals surface area contributed by atoms with Gasteiger partial charge < -0.3 is 0 Å². The van der Waals surface area contributed by atoms with Crippen LogP contribution >= 0.6 is 0 Å². The topological polar surface area (TPSA) is 17.1 Å². The Kier molecular flexibility index (Phi) is 3.21. The van der Waals surface area contributed by atoms with E-state index < -0.39 is 11.7 Å². The molecule has 1 atom stereocenters. The number of hydrogen-bond acceptors (Lipinski definition) is 1. The van der Waals surface area contributed by atoms with Gasteiger partial charge in [0.1, 0.15) is 5.78 Å². The van der Waals surface area contributed by atoms with Crippen LogP contribution in [0.4, 0.5) is 13.2 Å². The predicted octanol–water partition coefficient (Wildman–Crippen LogP) is 4.01. The number of ketones is 1. The number of hydrogen-bond donors (Lipinski definition) is 0. The number of rotatable bonds is 2. The number of benzene rings is 1. The Morgan fingerprint density at radius 3 is 2.28 bits per heavy atom. The lowest BCUT2D eigenvalue weighted by Crippen LogP contribution is -2.15. The second kappa shape index (κ2) is 4.41. The van der Waals surface area contributed by atoms with Crippen LogP contribution in [0.15, 0.2) is 24.3 Å².